The highest BCUT2D eigenvalue weighted by Crippen LogP contribution is 2.30. The number of piperidine rings is 1. The predicted octanol–water partition coefficient (Wildman–Crippen LogP) is 4.05. The van der Waals surface area contributed by atoms with E-state index in [1.165, 1.54) is 18.4 Å². The predicted molar refractivity (Wildman–Crippen MR) is 65.6 cm³/mol. The Morgan fingerprint density at radius 1 is 1.20 bits per heavy atom. The first-order valence-corrected chi connectivity index (χ1v) is 6.10. The Morgan fingerprint density at radius 2 is 2.00 bits per heavy atom. The molecule has 2 rings (SSSR count). The molecule has 0 bridgehead atoms. The lowest BCUT2D eigenvalue weighted by atomic mass is 9.92. The molecule has 15 heavy (non-hydrogen) atoms. The van der Waals surface area contributed by atoms with E-state index in [4.69, 9.17) is 23.2 Å². The monoisotopic (exact) mass is 243 g/mol. The molecule has 0 radical (unpaired) electrons. The second-order valence-corrected chi connectivity index (χ2v) is 5.13. The summed E-state index contributed by atoms with van der Waals surface area (Å²) >= 11 is 11.9. The molecule has 1 fully saturated rings. The second-order valence-electron chi connectivity index (χ2n) is 4.32. The first-order chi connectivity index (χ1) is 7.16. The Hall–Kier alpha value is -0.240. The normalized spacial score (nSPS) is 26.6. The van der Waals surface area contributed by atoms with E-state index >= 15 is 0 Å². The molecule has 1 heterocycles. The van der Waals surface area contributed by atoms with Gasteiger partial charge in [0.1, 0.15) is 0 Å². The van der Waals surface area contributed by atoms with Crippen molar-refractivity contribution < 1.29 is 0 Å². The Labute approximate surface area is 101 Å². The van der Waals surface area contributed by atoms with Crippen LogP contribution in [0.5, 0.6) is 0 Å². The average molecular weight is 244 g/mol. The first-order valence-electron chi connectivity index (χ1n) is 5.35. The third-order valence-electron chi connectivity index (χ3n) is 3.01. The molecule has 0 aromatic heterocycles. The van der Waals surface area contributed by atoms with Crippen molar-refractivity contribution in [1.82, 2.24) is 5.32 Å². The van der Waals surface area contributed by atoms with Crippen molar-refractivity contribution in [2.24, 2.45) is 5.92 Å². The van der Waals surface area contributed by atoms with Gasteiger partial charge in [-0.1, -0.05) is 36.2 Å². The molecule has 3 heteroatoms. The highest BCUT2D eigenvalue weighted by Gasteiger charge is 2.19. The Bertz CT molecular complexity index is 343. The van der Waals surface area contributed by atoms with Crippen molar-refractivity contribution >= 4 is 23.2 Å². The smallest absolute Gasteiger partial charge is 0.0595 e. The quantitative estimate of drug-likeness (QED) is 0.785. The van der Waals surface area contributed by atoms with Crippen LogP contribution in [0.3, 0.4) is 0 Å². The van der Waals surface area contributed by atoms with Gasteiger partial charge in [0, 0.05) is 6.04 Å². The molecule has 1 aromatic rings. The van der Waals surface area contributed by atoms with Crippen molar-refractivity contribution in [3.8, 4) is 0 Å². The largest absolute Gasteiger partial charge is 0.310 e. The molecular weight excluding hydrogens is 229 g/mol. The average Bonchev–Trinajstić information content (AvgIpc) is 2.23. The number of halogens is 2. The Morgan fingerprint density at radius 3 is 2.60 bits per heavy atom. The summed E-state index contributed by atoms with van der Waals surface area (Å²) in [6, 6.07) is 6.34. The molecule has 1 aliphatic heterocycles. The molecule has 1 aromatic carbocycles. The standard InChI is InChI=1S/C12H15Cl2N/c1-8-2-5-12(15-7-8)9-3-4-10(13)11(14)6-9/h3-4,6,8,12,15H,2,5,7H2,1H3. The molecule has 0 saturated carbocycles. The number of benzene rings is 1. The molecule has 82 valence electrons. The van der Waals surface area contributed by atoms with Gasteiger partial charge < -0.3 is 5.32 Å². The van der Waals surface area contributed by atoms with E-state index in [1.807, 2.05) is 12.1 Å². The van der Waals surface area contributed by atoms with Gasteiger partial charge in [0.25, 0.3) is 0 Å². The van der Waals surface area contributed by atoms with Gasteiger partial charge in [-0.25, -0.2) is 0 Å². The van der Waals surface area contributed by atoms with E-state index in [1.54, 1.807) is 0 Å². The lowest BCUT2D eigenvalue weighted by molar-refractivity contribution is 0.333. The number of rotatable bonds is 1. The molecule has 0 spiro atoms. The summed E-state index contributed by atoms with van der Waals surface area (Å²) in [6.07, 6.45) is 2.46. The minimum Gasteiger partial charge on any atom is -0.310 e. The van der Waals surface area contributed by atoms with Crippen molar-refractivity contribution in [2.45, 2.75) is 25.8 Å². The fraction of sp³-hybridized carbons (Fsp3) is 0.500. The van der Waals surface area contributed by atoms with E-state index in [9.17, 15) is 0 Å². The van der Waals surface area contributed by atoms with Crippen molar-refractivity contribution in [1.29, 1.82) is 0 Å². The Kier molecular flexibility index (Phi) is 3.55. The summed E-state index contributed by atoms with van der Waals surface area (Å²) in [5.41, 5.74) is 1.25. The number of hydrogen-bond acceptors (Lipinski definition) is 1. The highest BCUT2D eigenvalue weighted by atomic mass is 35.5. The van der Waals surface area contributed by atoms with E-state index in [0.29, 0.717) is 16.1 Å². The van der Waals surface area contributed by atoms with Crippen LogP contribution in [-0.2, 0) is 0 Å². The van der Waals surface area contributed by atoms with Gasteiger partial charge in [0.05, 0.1) is 10.0 Å². The van der Waals surface area contributed by atoms with E-state index in [0.717, 1.165) is 12.5 Å². The molecule has 1 nitrogen and oxygen atoms in total. The maximum Gasteiger partial charge on any atom is 0.0595 e. The summed E-state index contributed by atoms with van der Waals surface area (Å²) < 4.78 is 0. The molecule has 1 N–H and O–H groups in total. The van der Waals surface area contributed by atoms with Gasteiger partial charge in [-0.05, 0) is 43.0 Å². The van der Waals surface area contributed by atoms with Crippen LogP contribution in [0.25, 0.3) is 0 Å². The minimum absolute atomic E-state index is 0.441. The lowest BCUT2D eigenvalue weighted by Crippen LogP contribution is -2.31. The van der Waals surface area contributed by atoms with E-state index in [-0.39, 0.29) is 0 Å². The van der Waals surface area contributed by atoms with Gasteiger partial charge >= 0.3 is 0 Å². The fourth-order valence-electron chi connectivity index (χ4n) is 2.01. The molecule has 0 aliphatic carbocycles. The fourth-order valence-corrected chi connectivity index (χ4v) is 2.32. The second kappa shape index (κ2) is 4.73. The molecular formula is C12H15Cl2N. The van der Waals surface area contributed by atoms with Gasteiger partial charge in [-0.3, -0.25) is 0 Å². The van der Waals surface area contributed by atoms with Crippen LogP contribution in [-0.4, -0.2) is 6.54 Å². The van der Waals surface area contributed by atoms with Crippen molar-refractivity contribution in [2.75, 3.05) is 6.54 Å². The molecule has 2 atom stereocenters. The van der Waals surface area contributed by atoms with Gasteiger partial charge in [-0.2, -0.15) is 0 Å². The molecule has 1 saturated heterocycles. The highest BCUT2D eigenvalue weighted by molar-refractivity contribution is 6.42. The number of hydrogen-bond donors (Lipinski definition) is 1. The van der Waals surface area contributed by atoms with Crippen LogP contribution >= 0.6 is 23.2 Å². The summed E-state index contributed by atoms with van der Waals surface area (Å²) in [5, 5.41) is 4.81. The summed E-state index contributed by atoms with van der Waals surface area (Å²) in [4.78, 5) is 0. The molecule has 2 unspecified atom stereocenters. The lowest BCUT2D eigenvalue weighted by Gasteiger charge is -2.28. The van der Waals surface area contributed by atoms with Crippen LogP contribution in [0.15, 0.2) is 18.2 Å². The minimum atomic E-state index is 0.441. The van der Waals surface area contributed by atoms with Crippen LogP contribution in [0.2, 0.25) is 10.0 Å². The Balaban J connectivity index is 2.12. The topological polar surface area (TPSA) is 12.0 Å². The van der Waals surface area contributed by atoms with E-state index in [2.05, 4.69) is 18.3 Å². The van der Waals surface area contributed by atoms with Gasteiger partial charge in [0.15, 0.2) is 0 Å². The van der Waals surface area contributed by atoms with Crippen LogP contribution in [0, 0.1) is 5.92 Å². The third kappa shape index (κ3) is 2.66. The van der Waals surface area contributed by atoms with Crippen LogP contribution < -0.4 is 5.32 Å². The molecule has 1 aliphatic rings. The zero-order chi connectivity index (χ0) is 10.8. The zero-order valence-corrected chi connectivity index (χ0v) is 10.3. The molecule has 0 amide bonds. The van der Waals surface area contributed by atoms with Gasteiger partial charge in [-0.15, -0.1) is 0 Å². The zero-order valence-electron chi connectivity index (χ0n) is 8.76. The summed E-state index contributed by atoms with van der Waals surface area (Å²) in [5.74, 6) is 0.782. The number of nitrogens with one attached hydrogen (secondary N) is 1. The summed E-state index contributed by atoms with van der Waals surface area (Å²) in [7, 11) is 0. The van der Waals surface area contributed by atoms with E-state index < -0.39 is 0 Å². The SMILES string of the molecule is CC1CCC(c2ccc(Cl)c(Cl)c2)NC1. The van der Waals surface area contributed by atoms with Crippen LogP contribution in [0.4, 0.5) is 0 Å². The van der Waals surface area contributed by atoms with Crippen molar-refractivity contribution in [3.63, 3.8) is 0 Å². The van der Waals surface area contributed by atoms with Crippen molar-refractivity contribution in [3.05, 3.63) is 33.8 Å². The first kappa shape index (κ1) is 11.3. The maximum atomic E-state index is 6.00. The maximum absolute atomic E-state index is 6.00. The van der Waals surface area contributed by atoms with Gasteiger partial charge in [0.2, 0.25) is 0 Å². The third-order valence-corrected chi connectivity index (χ3v) is 3.75. The van der Waals surface area contributed by atoms with Crippen LogP contribution in [0.1, 0.15) is 31.4 Å². The summed E-state index contributed by atoms with van der Waals surface area (Å²) in [6.45, 7) is 3.36.